The van der Waals surface area contributed by atoms with Crippen molar-refractivity contribution in [2.75, 3.05) is 13.1 Å². The monoisotopic (exact) mass is 445 g/mol. The first-order valence-electron chi connectivity index (χ1n) is 14.3. The second-order valence-electron chi connectivity index (χ2n) is 10.4. The molecule has 1 heterocycles. The van der Waals surface area contributed by atoms with Crippen LogP contribution < -0.4 is 0 Å². The Hall–Kier alpha value is -1.05. The molecule has 0 N–H and O–H groups in total. The molecular weight excluding hydrogens is 390 g/mol. The molecule has 1 amide bonds. The Morgan fingerprint density at radius 2 is 1.06 bits per heavy atom. The van der Waals surface area contributed by atoms with Crippen LogP contribution in [0.3, 0.4) is 0 Å². The van der Waals surface area contributed by atoms with Gasteiger partial charge in [0.2, 0.25) is 5.91 Å². The molecule has 0 aliphatic carbocycles. The molecule has 0 saturated carbocycles. The van der Waals surface area contributed by atoms with Gasteiger partial charge in [-0.25, -0.2) is 0 Å². The molecule has 2 nitrogen and oxygen atoms in total. The molecule has 1 fully saturated rings. The van der Waals surface area contributed by atoms with E-state index in [0.717, 1.165) is 51.1 Å². The number of likely N-dealkylation sites (tertiary alicyclic amines) is 1. The molecule has 0 bridgehead atoms. The average Bonchev–Trinajstić information content (AvgIpc) is 3.32. The standard InChI is InChI=1S/C30H55NO/c1-29(2)25-21-19-17-15-13-11-9-7-5-3-4-6-8-10-12-14-16-18-20-22-26-30(32)31-27-23-24-28-31/h8,10,16,18,29H,3-7,9,11-15,17,19-28H2,1-2H3/b10-8-,18-16-. The van der Waals surface area contributed by atoms with Crippen LogP contribution in [0, 0.1) is 5.92 Å². The van der Waals surface area contributed by atoms with Crippen molar-refractivity contribution in [2.45, 2.75) is 142 Å². The summed E-state index contributed by atoms with van der Waals surface area (Å²) in [6, 6.07) is 0. The molecule has 0 spiro atoms. The number of allylic oxidation sites excluding steroid dienone is 4. The van der Waals surface area contributed by atoms with E-state index in [9.17, 15) is 4.79 Å². The number of hydrogen-bond donors (Lipinski definition) is 0. The first-order valence-corrected chi connectivity index (χ1v) is 14.3. The fourth-order valence-corrected chi connectivity index (χ4v) is 4.57. The lowest BCUT2D eigenvalue weighted by atomic mass is 10.0. The minimum absolute atomic E-state index is 0.363. The summed E-state index contributed by atoms with van der Waals surface area (Å²) in [5.74, 6) is 1.24. The molecule has 1 saturated heterocycles. The van der Waals surface area contributed by atoms with Gasteiger partial charge in [0.25, 0.3) is 0 Å². The lowest BCUT2D eigenvalue weighted by molar-refractivity contribution is -0.130. The van der Waals surface area contributed by atoms with Gasteiger partial charge in [-0.05, 0) is 57.3 Å². The van der Waals surface area contributed by atoms with Crippen molar-refractivity contribution in [1.29, 1.82) is 0 Å². The molecule has 186 valence electrons. The maximum atomic E-state index is 12.0. The van der Waals surface area contributed by atoms with Crippen molar-refractivity contribution >= 4 is 5.91 Å². The summed E-state index contributed by atoms with van der Waals surface area (Å²) >= 11 is 0. The highest BCUT2D eigenvalue weighted by atomic mass is 16.2. The van der Waals surface area contributed by atoms with E-state index in [1.165, 1.54) is 96.3 Å². The molecule has 32 heavy (non-hydrogen) atoms. The summed E-state index contributed by atoms with van der Waals surface area (Å²) in [5.41, 5.74) is 0. The van der Waals surface area contributed by atoms with Crippen molar-refractivity contribution in [3.05, 3.63) is 24.3 Å². The lowest BCUT2D eigenvalue weighted by Gasteiger charge is -2.14. The van der Waals surface area contributed by atoms with Crippen molar-refractivity contribution in [1.82, 2.24) is 4.90 Å². The topological polar surface area (TPSA) is 20.3 Å². The Morgan fingerprint density at radius 3 is 1.59 bits per heavy atom. The highest BCUT2D eigenvalue weighted by Gasteiger charge is 2.16. The summed E-state index contributed by atoms with van der Waals surface area (Å²) in [5, 5.41) is 0. The lowest BCUT2D eigenvalue weighted by Crippen LogP contribution is -2.27. The van der Waals surface area contributed by atoms with E-state index in [1.54, 1.807) is 0 Å². The van der Waals surface area contributed by atoms with Crippen LogP contribution in [0.2, 0.25) is 0 Å². The van der Waals surface area contributed by atoms with Crippen LogP contribution in [0.25, 0.3) is 0 Å². The summed E-state index contributed by atoms with van der Waals surface area (Å²) in [4.78, 5) is 14.0. The smallest absolute Gasteiger partial charge is 0.222 e. The minimum atomic E-state index is 0.363. The van der Waals surface area contributed by atoms with Gasteiger partial charge < -0.3 is 4.90 Å². The number of hydrogen-bond acceptors (Lipinski definition) is 1. The van der Waals surface area contributed by atoms with E-state index < -0.39 is 0 Å². The van der Waals surface area contributed by atoms with Crippen LogP contribution in [-0.4, -0.2) is 23.9 Å². The molecule has 0 radical (unpaired) electrons. The molecule has 0 unspecified atom stereocenters. The van der Waals surface area contributed by atoms with E-state index in [2.05, 4.69) is 38.2 Å². The van der Waals surface area contributed by atoms with Crippen LogP contribution in [0.4, 0.5) is 0 Å². The maximum absolute atomic E-state index is 12.0. The molecule has 2 heteroatoms. The SMILES string of the molecule is CC(C)CCCCCCCCCCCCC/C=C\CC/C=C\CCCC(=O)N1CCCC1. The zero-order valence-corrected chi connectivity index (χ0v) is 21.8. The predicted molar refractivity (Wildman–Crippen MR) is 142 cm³/mol. The number of carbonyl (C=O) groups is 1. The van der Waals surface area contributed by atoms with Crippen LogP contribution in [-0.2, 0) is 4.79 Å². The zero-order chi connectivity index (χ0) is 23.1. The quantitative estimate of drug-likeness (QED) is 0.127. The third-order valence-electron chi connectivity index (χ3n) is 6.71. The van der Waals surface area contributed by atoms with Gasteiger partial charge >= 0.3 is 0 Å². The van der Waals surface area contributed by atoms with Crippen LogP contribution in [0.1, 0.15) is 142 Å². The van der Waals surface area contributed by atoms with Gasteiger partial charge in [0.1, 0.15) is 0 Å². The number of amides is 1. The molecular formula is C30H55NO. The predicted octanol–water partition coefficient (Wildman–Crippen LogP) is 9.40. The number of rotatable bonds is 21. The molecule has 0 aromatic heterocycles. The largest absolute Gasteiger partial charge is 0.343 e. The molecule has 1 aliphatic rings. The number of unbranched alkanes of at least 4 members (excludes halogenated alkanes) is 13. The second kappa shape index (κ2) is 21.8. The summed E-state index contributed by atoms with van der Waals surface area (Å²) < 4.78 is 0. The summed E-state index contributed by atoms with van der Waals surface area (Å²) in [6.45, 7) is 6.64. The van der Waals surface area contributed by atoms with Crippen LogP contribution in [0.15, 0.2) is 24.3 Å². The summed E-state index contributed by atoms with van der Waals surface area (Å²) in [6.07, 6.45) is 35.1. The highest BCUT2D eigenvalue weighted by molar-refractivity contribution is 5.76. The van der Waals surface area contributed by atoms with Gasteiger partial charge in [-0.15, -0.1) is 0 Å². The fourth-order valence-electron chi connectivity index (χ4n) is 4.57. The molecule has 1 rings (SSSR count). The average molecular weight is 446 g/mol. The van der Waals surface area contributed by atoms with Gasteiger partial charge in [0.15, 0.2) is 0 Å². The van der Waals surface area contributed by atoms with E-state index >= 15 is 0 Å². The first-order chi connectivity index (χ1) is 15.7. The molecule has 0 atom stereocenters. The van der Waals surface area contributed by atoms with Crippen molar-refractivity contribution < 1.29 is 4.79 Å². The first kappa shape index (κ1) is 29.0. The Balaban J connectivity index is 1.74. The van der Waals surface area contributed by atoms with Crippen molar-refractivity contribution in [2.24, 2.45) is 5.92 Å². The fraction of sp³-hybridized carbons (Fsp3) is 0.833. The van der Waals surface area contributed by atoms with E-state index in [4.69, 9.17) is 0 Å². The molecule has 0 aromatic carbocycles. The maximum Gasteiger partial charge on any atom is 0.222 e. The molecule has 0 aromatic rings. The Labute approximate surface area is 201 Å². The van der Waals surface area contributed by atoms with Gasteiger partial charge in [-0.2, -0.15) is 0 Å². The van der Waals surface area contributed by atoms with E-state index in [1.807, 2.05) is 4.90 Å². The highest BCUT2D eigenvalue weighted by Crippen LogP contribution is 2.14. The minimum Gasteiger partial charge on any atom is -0.343 e. The van der Waals surface area contributed by atoms with E-state index in [0.29, 0.717) is 5.91 Å². The van der Waals surface area contributed by atoms with Gasteiger partial charge in [-0.3, -0.25) is 4.79 Å². The van der Waals surface area contributed by atoms with Gasteiger partial charge in [0.05, 0.1) is 0 Å². The number of carbonyl (C=O) groups excluding carboxylic acids is 1. The second-order valence-corrected chi connectivity index (χ2v) is 10.4. The third-order valence-corrected chi connectivity index (χ3v) is 6.71. The normalized spacial score (nSPS) is 14.5. The van der Waals surface area contributed by atoms with E-state index in [-0.39, 0.29) is 0 Å². The Morgan fingerprint density at radius 1 is 0.625 bits per heavy atom. The van der Waals surface area contributed by atoms with Crippen molar-refractivity contribution in [3.63, 3.8) is 0 Å². The van der Waals surface area contributed by atoms with Crippen LogP contribution >= 0.6 is 0 Å². The molecule has 1 aliphatic heterocycles. The number of nitrogens with zero attached hydrogens (tertiary/aromatic N) is 1. The Bertz CT molecular complexity index is 473. The van der Waals surface area contributed by atoms with Gasteiger partial charge in [0, 0.05) is 19.5 Å². The third kappa shape index (κ3) is 18.5. The van der Waals surface area contributed by atoms with Crippen molar-refractivity contribution in [3.8, 4) is 0 Å². The summed E-state index contributed by atoms with van der Waals surface area (Å²) in [7, 11) is 0. The van der Waals surface area contributed by atoms with Crippen LogP contribution in [0.5, 0.6) is 0 Å². The van der Waals surface area contributed by atoms with Gasteiger partial charge in [-0.1, -0.05) is 109 Å². The zero-order valence-electron chi connectivity index (χ0n) is 21.8. The Kier molecular flexibility index (Phi) is 19.7.